The number of rotatable bonds is 8. The van der Waals surface area contributed by atoms with Crippen LogP contribution in [0, 0.1) is 13.8 Å². The van der Waals surface area contributed by atoms with Crippen LogP contribution in [0.4, 0.5) is 0 Å². The monoisotopic (exact) mass is 515 g/mol. The largest absolute Gasteiger partial charge is 0.507 e. The van der Waals surface area contributed by atoms with Gasteiger partial charge in [-0.1, -0.05) is 61.3 Å². The van der Waals surface area contributed by atoms with Gasteiger partial charge in [-0.05, 0) is 66.8 Å². The van der Waals surface area contributed by atoms with Crippen molar-refractivity contribution in [3.8, 4) is 22.8 Å². The second-order valence-electron chi connectivity index (χ2n) is 9.54. The van der Waals surface area contributed by atoms with Crippen LogP contribution in [0.5, 0.6) is 11.5 Å². The minimum Gasteiger partial charge on any atom is -0.507 e. The second-order valence-corrected chi connectivity index (χ2v) is 9.95. The summed E-state index contributed by atoms with van der Waals surface area (Å²) in [4.78, 5) is 15.6. The summed E-state index contributed by atoms with van der Waals surface area (Å²) in [7, 11) is 0. The van der Waals surface area contributed by atoms with Crippen LogP contribution in [0.15, 0.2) is 60.7 Å². The van der Waals surface area contributed by atoms with Gasteiger partial charge in [-0.15, -0.1) is 0 Å². The van der Waals surface area contributed by atoms with Gasteiger partial charge in [0.05, 0.1) is 12.6 Å². The molecule has 1 amide bonds. The summed E-state index contributed by atoms with van der Waals surface area (Å²) in [5.74, 6) is 0.746. The predicted molar refractivity (Wildman–Crippen MR) is 145 cm³/mol. The van der Waals surface area contributed by atoms with Gasteiger partial charge < -0.3 is 14.7 Å². The van der Waals surface area contributed by atoms with E-state index in [1.807, 2.05) is 74.5 Å². The molecule has 190 valence electrons. The smallest absolute Gasteiger partial charge is 0.273 e. The zero-order valence-electron chi connectivity index (χ0n) is 21.2. The quantitative estimate of drug-likeness (QED) is 0.248. The Bertz CT molecular complexity index is 1460. The molecule has 4 aromatic rings. The third kappa shape index (κ3) is 4.69. The molecule has 0 fully saturated rings. The van der Waals surface area contributed by atoms with Gasteiger partial charge >= 0.3 is 0 Å². The number of amides is 1. The third-order valence-electron chi connectivity index (χ3n) is 6.80. The minimum absolute atomic E-state index is 0.160. The highest BCUT2D eigenvalue weighted by Crippen LogP contribution is 2.46. The number of phenolic OH excluding ortho intramolecular Hbond substituents is 1. The summed E-state index contributed by atoms with van der Waals surface area (Å²) in [6, 6.07) is 18.8. The Morgan fingerprint density at radius 2 is 1.92 bits per heavy atom. The van der Waals surface area contributed by atoms with E-state index >= 15 is 0 Å². The zero-order valence-corrected chi connectivity index (χ0v) is 22.0. The van der Waals surface area contributed by atoms with Crippen molar-refractivity contribution < 1.29 is 14.6 Å². The number of aromatic nitrogens is 2. The fourth-order valence-corrected chi connectivity index (χ4v) is 5.17. The summed E-state index contributed by atoms with van der Waals surface area (Å²) < 4.78 is 5.99. The number of nitrogens with zero attached hydrogens (tertiary/aromatic N) is 2. The summed E-state index contributed by atoms with van der Waals surface area (Å²) in [5.41, 5.74) is 5.84. The van der Waals surface area contributed by atoms with Crippen molar-refractivity contribution in [2.75, 3.05) is 6.61 Å². The Kier molecular flexibility index (Phi) is 6.94. The summed E-state index contributed by atoms with van der Waals surface area (Å²) in [6.45, 7) is 6.92. The average Bonchev–Trinajstić information content (AvgIpc) is 3.42. The van der Waals surface area contributed by atoms with Crippen LogP contribution in [-0.2, 0) is 6.54 Å². The van der Waals surface area contributed by atoms with Crippen LogP contribution < -0.4 is 4.74 Å². The van der Waals surface area contributed by atoms with Gasteiger partial charge in [-0.2, -0.15) is 5.10 Å². The number of unbranched alkanes of at least 4 members (excludes halogenated alkanes) is 1. The highest BCUT2D eigenvalue weighted by atomic mass is 35.5. The third-order valence-corrected chi connectivity index (χ3v) is 7.17. The lowest BCUT2D eigenvalue weighted by Crippen LogP contribution is -2.29. The van der Waals surface area contributed by atoms with Crippen molar-refractivity contribution in [3.63, 3.8) is 0 Å². The SMILES string of the molecule is CCCCOc1cccc(C2c3c(-c4cc(C)cc(C)c4O)n[nH]c3C(=O)N2Cc2ccccc2Cl)c1. The van der Waals surface area contributed by atoms with E-state index in [2.05, 4.69) is 17.1 Å². The van der Waals surface area contributed by atoms with Crippen molar-refractivity contribution in [2.45, 2.75) is 46.2 Å². The van der Waals surface area contributed by atoms with Crippen LogP contribution in [0.3, 0.4) is 0 Å². The van der Waals surface area contributed by atoms with Crippen molar-refractivity contribution in [1.82, 2.24) is 15.1 Å². The van der Waals surface area contributed by atoms with Crippen molar-refractivity contribution in [2.24, 2.45) is 0 Å². The van der Waals surface area contributed by atoms with E-state index in [1.54, 1.807) is 4.90 Å². The Balaban J connectivity index is 1.65. The molecule has 0 saturated heterocycles. The van der Waals surface area contributed by atoms with E-state index in [0.717, 1.165) is 46.4 Å². The number of benzene rings is 3. The number of H-pyrrole nitrogens is 1. The zero-order chi connectivity index (χ0) is 26.1. The number of nitrogens with one attached hydrogen (secondary N) is 1. The lowest BCUT2D eigenvalue weighted by molar-refractivity contribution is 0.0730. The number of phenols is 1. The van der Waals surface area contributed by atoms with Gasteiger partial charge in [0.2, 0.25) is 0 Å². The molecule has 0 saturated carbocycles. The van der Waals surface area contributed by atoms with Gasteiger partial charge in [-0.25, -0.2) is 0 Å². The molecular formula is C30H30ClN3O3. The second kappa shape index (κ2) is 10.3. The molecule has 0 aliphatic carbocycles. The molecule has 37 heavy (non-hydrogen) atoms. The van der Waals surface area contributed by atoms with Crippen molar-refractivity contribution in [1.29, 1.82) is 0 Å². The Labute approximate surface area is 221 Å². The predicted octanol–water partition coefficient (Wildman–Crippen LogP) is 6.98. The molecule has 1 unspecified atom stereocenters. The van der Waals surface area contributed by atoms with E-state index in [9.17, 15) is 9.90 Å². The van der Waals surface area contributed by atoms with E-state index in [4.69, 9.17) is 16.3 Å². The highest BCUT2D eigenvalue weighted by Gasteiger charge is 2.43. The normalized spacial score (nSPS) is 14.8. The molecule has 0 spiro atoms. The highest BCUT2D eigenvalue weighted by molar-refractivity contribution is 6.31. The van der Waals surface area contributed by atoms with Crippen LogP contribution in [0.25, 0.3) is 11.3 Å². The van der Waals surface area contributed by atoms with Crippen LogP contribution in [0.2, 0.25) is 5.02 Å². The first-order valence-corrected chi connectivity index (χ1v) is 12.9. The first-order valence-electron chi connectivity index (χ1n) is 12.5. The molecule has 0 bridgehead atoms. The maximum atomic E-state index is 13.8. The molecule has 5 rings (SSSR count). The van der Waals surface area contributed by atoms with Crippen molar-refractivity contribution >= 4 is 17.5 Å². The molecule has 2 N–H and O–H groups in total. The van der Waals surface area contributed by atoms with Crippen molar-refractivity contribution in [3.05, 3.63) is 99.2 Å². The van der Waals surface area contributed by atoms with Gasteiger partial charge in [-0.3, -0.25) is 9.89 Å². The topological polar surface area (TPSA) is 78.5 Å². The molecular weight excluding hydrogens is 486 g/mol. The number of halogens is 1. The molecule has 1 aliphatic rings. The van der Waals surface area contributed by atoms with E-state index in [1.165, 1.54) is 0 Å². The first kappa shape index (κ1) is 24.9. The average molecular weight is 516 g/mol. The van der Waals surface area contributed by atoms with Crippen LogP contribution in [0.1, 0.15) is 64.1 Å². The number of fused-ring (bicyclic) bond motifs is 1. The molecule has 1 aromatic heterocycles. The Hall–Kier alpha value is -3.77. The molecule has 3 aromatic carbocycles. The van der Waals surface area contributed by atoms with Gasteiger partial charge in [0, 0.05) is 22.7 Å². The maximum Gasteiger partial charge on any atom is 0.273 e. The minimum atomic E-state index is -0.442. The molecule has 1 aliphatic heterocycles. The number of ether oxygens (including phenoxy) is 1. The summed E-state index contributed by atoms with van der Waals surface area (Å²) in [5, 5.41) is 19.1. The van der Waals surface area contributed by atoms with Gasteiger partial charge in [0.15, 0.2) is 0 Å². The summed E-state index contributed by atoms with van der Waals surface area (Å²) >= 11 is 6.50. The number of aromatic amines is 1. The molecule has 7 heteroatoms. The first-order chi connectivity index (χ1) is 17.9. The standard InChI is InChI=1S/C30H30ClN3O3/c1-4-5-13-37-22-11-8-10-20(16-22)28-25-26(23-15-18(2)14-19(3)29(23)35)32-33-27(25)30(36)34(28)17-21-9-6-7-12-24(21)31/h6-12,14-16,28,35H,4-5,13,17H2,1-3H3,(H,32,33). The molecule has 6 nitrogen and oxygen atoms in total. The van der Waals surface area contributed by atoms with Crippen LogP contribution in [-0.4, -0.2) is 32.7 Å². The van der Waals surface area contributed by atoms with Crippen LogP contribution >= 0.6 is 11.6 Å². The molecule has 1 atom stereocenters. The van der Waals surface area contributed by atoms with E-state index < -0.39 is 6.04 Å². The number of hydrogen-bond donors (Lipinski definition) is 2. The molecule has 2 heterocycles. The van der Waals surface area contributed by atoms with E-state index in [-0.39, 0.29) is 11.7 Å². The van der Waals surface area contributed by atoms with E-state index in [0.29, 0.717) is 35.1 Å². The fraction of sp³-hybridized carbons (Fsp3) is 0.267. The fourth-order valence-electron chi connectivity index (χ4n) is 4.97. The lowest BCUT2D eigenvalue weighted by Gasteiger charge is -2.27. The number of aryl methyl sites for hydroxylation is 2. The summed E-state index contributed by atoms with van der Waals surface area (Å²) in [6.07, 6.45) is 2.01. The number of carbonyl (C=O) groups excluding carboxylic acids is 1. The lowest BCUT2D eigenvalue weighted by atomic mass is 9.94. The number of carbonyl (C=O) groups is 1. The Morgan fingerprint density at radius 1 is 1.11 bits per heavy atom. The Morgan fingerprint density at radius 3 is 2.70 bits per heavy atom. The van der Waals surface area contributed by atoms with Gasteiger partial charge in [0.1, 0.15) is 22.9 Å². The maximum absolute atomic E-state index is 13.8. The number of aromatic hydroxyl groups is 1. The van der Waals surface area contributed by atoms with Gasteiger partial charge in [0.25, 0.3) is 5.91 Å². The molecule has 0 radical (unpaired) electrons. The number of hydrogen-bond acceptors (Lipinski definition) is 4.